The van der Waals surface area contributed by atoms with Crippen molar-refractivity contribution in [3.05, 3.63) is 33.3 Å². The minimum atomic E-state index is -0.323. The minimum absolute atomic E-state index is 0.222. The van der Waals surface area contributed by atoms with Gasteiger partial charge in [0.05, 0.1) is 10.6 Å². The number of nitrogens with two attached hydrogens (primary N) is 1. The molecule has 0 spiro atoms. The van der Waals surface area contributed by atoms with Gasteiger partial charge >= 0.3 is 0 Å². The van der Waals surface area contributed by atoms with Crippen molar-refractivity contribution in [2.75, 3.05) is 6.54 Å². The Bertz CT molecular complexity index is 452. The predicted octanol–water partition coefficient (Wildman–Crippen LogP) is 2.49. The molecule has 0 unspecified atom stereocenters. The molecule has 0 aromatic heterocycles. The molecule has 2 amide bonds. The van der Waals surface area contributed by atoms with Crippen molar-refractivity contribution in [1.82, 2.24) is 5.32 Å². The van der Waals surface area contributed by atoms with Crippen LogP contribution >= 0.6 is 27.5 Å². The number of unbranched alkanes of at least 4 members (excludes halogenated alkanes) is 1. The molecule has 1 aromatic carbocycles. The third kappa shape index (κ3) is 5.06. The zero-order valence-corrected chi connectivity index (χ0v) is 12.1. The number of benzene rings is 1. The second-order valence-corrected chi connectivity index (χ2v) is 5.13. The highest BCUT2D eigenvalue weighted by Gasteiger charge is 2.09. The third-order valence-electron chi connectivity index (χ3n) is 2.31. The first-order chi connectivity index (χ1) is 8.50. The number of halogens is 2. The SMILES string of the molecule is NC(=O)CCCCNC(=O)c1cc(Br)ccc1Cl. The van der Waals surface area contributed by atoms with Crippen LogP contribution in [0.15, 0.2) is 22.7 Å². The van der Waals surface area contributed by atoms with Gasteiger partial charge < -0.3 is 11.1 Å². The Balaban J connectivity index is 2.41. The molecule has 0 bridgehead atoms. The maximum absolute atomic E-state index is 11.8. The fourth-order valence-corrected chi connectivity index (χ4v) is 1.96. The monoisotopic (exact) mass is 332 g/mol. The van der Waals surface area contributed by atoms with Crippen LogP contribution in [-0.4, -0.2) is 18.4 Å². The van der Waals surface area contributed by atoms with E-state index in [2.05, 4.69) is 21.2 Å². The Morgan fingerprint density at radius 2 is 2.06 bits per heavy atom. The predicted molar refractivity (Wildman–Crippen MR) is 74.5 cm³/mol. The largest absolute Gasteiger partial charge is 0.370 e. The lowest BCUT2D eigenvalue weighted by molar-refractivity contribution is -0.118. The lowest BCUT2D eigenvalue weighted by Gasteiger charge is -2.06. The van der Waals surface area contributed by atoms with E-state index in [4.69, 9.17) is 17.3 Å². The molecule has 1 rings (SSSR count). The molecule has 6 heteroatoms. The number of primary amides is 1. The molecule has 0 heterocycles. The highest BCUT2D eigenvalue weighted by Crippen LogP contribution is 2.20. The van der Waals surface area contributed by atoms with Gasteiger partial charge in [-0.15, -0.1) is 0 Å². The van der Waals surface area contributed by atoms with E-state index in [1.165, 1.54) is 0 Å². The summed E-state index contributed by atoms with van der Waals surface area (Å²) in [6.07, 6.45) is 1.72. The summed E-state index contributed by atoms with van der Waals surface area (Å²) in [4.78, 5) is 22.3. The molecule has 0 aliphatic rings. The Morgan fingerprint density at radius 1 is 1.33 bits per heavy atom. The van der Waals surface area contributed by atoms with Crippen LogP contribution in [0.5, 0.6) is 0 Å². The first kappa shape index (κ1) is 15.0. The average molecular weight is 334 g/mol. The second-order valence-electron chi connectivity index (χ2n) is 3.80. The number of rotatable bonds is 6. The number of nitrogens with one attached hydrogen (secondary N) is 1. The summed E-state index contributed by atoms with van der Waals surface area (Å²) in [6, 6.07) is 5.10. The zero-order valence-electron chi connectivity index (χ0n) is 9.71. The van der Waals surface area contributed by atoms with Crippen LogP contribution in [0.4, 0.5) is 0 Å². The first-order valence-corrected chi connectivity index (χ1v) is 6.69. The highest BCUT2D eigenvalue weighted by molar-refractivity contribution is 9.10. The van der Waals surface area contributed by atoms with Crippen LogP contribution in [0.2, 0.25) is 5.02 Å². The van der Waals surface area contributed by atoms with Crippen LogP contribution in [0.25, 0.3) is 0 Å². The molecule has 1 aromatic rings. The Morgan fingerprint density at radius 3 is 2.72 bits per heavy atom. The topological polar surface area (TPSA) is 72.2 Å². The Hall–Kier alpha value is -1.07. The smallest absolute Gasteiger partial charge is 0.252 e. The first-order valence-electron chi connectivity index (χ1n) is 5.52. The summed E-state index contributed by atoms with van der Waals surface area (Å²) < 4.78 is 0.797. The van der Waals surface area contributed by atoms with E-state index in [1.54, 1.807) is 18.2 Å². The second kappa shape index (κ2) is 7.38. The molecule has 0 fully saturated rings. The van der Waals surface area contributed by atoms with Crippen LogP contribution in [-0.2, 0) is 4.79 Å². The van der Waals surface area contributed by atoms with Gasteiger partial charge in [0.25, 0.3) is 5.91 Å². The number of carbonyl (C=O) groups is 2. The van der Waals surface area contributed by atoms with Crippen molar-refractivity contribution in [1.29, 1.82) is 0 Å². The summed E-state index contributed by atoms with van der Waals surface area (Å²) in [7, 11) is 0. The van der Waals surface area contributed by atoms with Crippen molar-refractivity contribution in [2.45, 2.75) is 19.3 Å². The van der Waals surface area contributed by atoms with Gasteiger partial charge in [-0.25, -0.2) is 0 Å². The van der Waals surface area contributed by atoms with Gasteiger partial charge in [-0.05, 0) is 31.0 Å². The summed E-state index contributed by atoms with van der Waals surface area (Å²) in [5, 5.41) is 3.15. The van der Waals surface area contributed by atoms with E-state index < -0.39 is 0 Å². The highest BCUT2D eigenvalue weighted by atomic mass is 79.9. The number of amides is 2. The molecule has 3 N–H and O–H groups in total. The average Bonchev–Trinajstić information content (AvgIpc) is 2.31. The lowest BCUT2D eigenvalue weighted by atomic mass is 10.2. The van der Waals surface area contributed by atoms with Gasteiger partial charge in [0.2, 0.25) is 5.91 Å². The third-order valence-corrected chi connectivity index (χ3v) is 3.13. The van der Waals surface area contributed by atoms with E-state index in [0.29, 0.717) is 36.4 Å². The number of hydrogen-bond acceptors (Lipinski definition) is 2. The number of carbonyl (C=O) groups excluding carboxylic acids is 2. The van der Waals surface area contributed by atoms with Crippen molar-refractivity contribution in [3.8, 4) is 0 Å². The van der Waals surface area contributed by atoms with Crippen molar-refractivity contribution in [2.24, 2.45) is 5.73 Å². The molecule has 0 atom stereocenters. The van der Waals surface area contributed by atoms with E-state index in [1.807, 2.05) is 0 Å². The molecule has 4 nitrogen and oxygen atoms in total. The molecule has 98 valence electrons. The molecular formula is C12H14BrClN2O2. The van der Waals surface area contributed by atoms with Gasteiger partial charge in [-0.1, -0.05) is 27.5 Å². The zero-order chi connectivity index (χ0) is 13.5. The molecule has 0 radical (unpaired) electrons. The standard InChI is InChI=1S/C12H14BrClN2O2/c13-8-4-5-10(14)9(7-8)12(18)16-6-2-1-3-11(15)17/h4-5,7H,1-3,6H2,(H2,15,17)(H,16,18). The van der Waals surface area contributed by atoms with Gasteiger partial charge in [0.15, 0.2) is 0 Å². The van der Waals surface area contributed by atoms with E-state index in [0.717, 1.165) is 4.47 Å². The Kier molecular flexibility index (Phi) is 6.15. The van der Waals surface area contributed by atoms with Gasteiger partial charge in [-0.3, -0.25) is 9.59 Å². The van der Waals surface area contributed by atoms with Crippen LogP contribution < -0.4 is 11.1 Å². The summed E-state index contributed by atoms with van der Waals surface area (Å²) >= 11 is 9.21. The van der Waals surface area contributed by atoms with E-state index in [9.17, 15) is 9.59 Å². The fraction of sp³-hybridized carbons (Fsp3) is 0.333. The lowest BCUT2D eigenvalue weighted by Crippen LogP contribution is -2.25. The van der Waals surface area contributed by atoms with Crippen LogP contribution in [0, 0.1) is 0 Å². The van der Waals surface area contributed by atoms with Crippen molar-refractivity contribution in [3.63, 3.8) is 0 Å². The molecule has 0 aliphatic heterocycles. The van der Waals surface area contributed by atoms with Gasteiger partial charge in [-0.2, -0.15) is 0 Å². The molecule has 0 saturated carbocycles. The quantitative estimate of drug-likeness (QED) is 0.785. The summed E-state index contributed by atoms with van der Waals surface area (Å²) in [5.74, 6) is -0.545. The maximum atomic E-state index is 11.8. The molecule has 18 heavy (non-hydrogen) atoms. The molecule has 0 aliphatic carbocycles. The summed E-state index contributed by atoms with van der Waals surface area (Å²) in [5.41, 5.74) is 5.44. The minimum Gasteiger partial charge on any atom is -0.370 e. The normalized spacial score (nSPS) is 10.1. The van der Waals surface area contributed by atoms with E-state index >= 15 is 0 Å². The van der Waals surface area contributed by atoms with Crippen molar-refractivity contribution >= 4 is 39.3 Å². The van der Waals surface area contributed by atoms with Gasteiger partial charge in [0.1, 0.15) is 0 Å². The summed E-state index contributed by atoms with van der Waals surface area (Å²) in [6.45, 7) is 0.495. The fourth-order valence-electron chi connectivity index (χ4n) is 1.39. The maximum Gasteiger partial charge on any atom is 0.252 e. The van der Waals surface area contributed by atoms with Crippen molar-refractivity contribution < 1.29 is 9.59 Å². The van der Waals surface area contributed by atoms with E-state index in [-0.39, 0.29) is 11.8 Å². The molecular weight excluding hydrogens is 320 g/mol. The Labute approximate surface area is 119 Å². The number of hydrogen-bond donors (Lipinski definition) is 2. The van der Waals surface area contributed by atoms with Crippen LogP contribution in [0.3, 0.4) is 0 Å². The van der Waals surface area contributed by atoms with Gasteiger partial charge in [0, 0.05) is 17.4 Å². The molecule has 0 saturated heterocycles. The van der Waals surface area contributed by atoms with Crippen LogP contribution in [0.1, 0.15) is 29.6 Å².